The first-order valence-corrected chi connectivity index (χ1v) is 20.4. The van der Waals surface area contributed by atoms with Gasteiger partial charge in [-0.3, -0.25) is 0 Å². The van der Waals surface area contributed by atoms with Gasteiger partial charge in [0.15, 0.2) is 0 Å². The minimum atomic E-state index is -5.87. The number of alkyl halides is 6. The van der Waals surface area contributed by atoms with Crippen molar-refractivity contribution in [2.24, 2.45) is 0 Å². The molecule has 0 atom stereocenters. The molecule has 4 nitrogen and oxygen atoms in total. The number of halogens is 6. The number of rotatable bonds is 18. The van der Waals surface area contributed by atoms with Crippen LogP contribution < -0.4 is 18.9 Å². The van der Waals surface area contributed by atoms with Crippen LogP contribution in [0.4, 0.5) is 26.3 Å². The zero-order valence-corrected chi connectivity index (χ0v) is 34.0. The van der Waals surface area contributed by atoms with Gasteiger partial charge in [-0.05, 0) is 165 Å². The average Bonchev–Trinajstić information content (AvgIpc) is 3.84. The van der Waals surface area contributed by atoms with E-state index in [0.29, 0.717) is 81.4 Å². The Morgan fingerprint density at radius 2 is 0.845 bits per heavy atom. The van der Waals surface area contributed by atoms with E-state index in [-0.39, 0.29) is 20.9 Å². The lowest BCUT2D eigenvalue weighted by molar-refractivity contribution is -0.287. The summed E-state index contributed by atoms with van der Waals surface area (Å²) in [5.74, 6) is -14.3. The molecule has 0 fully saturated rings. The van der Waals surface area contributed by atoms with Crippen LogP contribution in [0.25, 0.3) is 47.3 Å². The molecule has 6 rings (SSSR count). The van der Waals surface area contributed by atoms with Crippen LogP contribution in [0.1, 0.15) is 38.8 Å². The van der Waals surface area contributed by atoms with Crippen molar-refractivity contribution in [1.82, 2.24) is 0 Å². The van der Waals surface area contributed by atoms with Crippen molar-refractivity contribution < 1.29 is 45.3 Å². The number of hydrogen-bond acceptors (Lipinski definition) is 6. The number of thiophene rings is 2. The van der Waals surface area contributed by atoms with Crippen LogP contribution in [0.3, 0.4) is 0 Å². The second kappa shape index (κ2) is 17.7. The third-order valence-corrected chi connectivity index (χ3v) is 11.8. The number of allylic oxidation sites excluding steroid dienone is 1. The van der Waals surface area contributed by atoms with E-state index in [2.05, 4.69) is 6.58 Å². The molecule has 2 aromatic heterocycles. The van der Waals surface area contributed by atoms with Crippen molar-refractivity contribution in [3.63, 3.8) is 0 Å². The zero-order valence-electron chi connectivity index (χ0n) is 32.4. The minimum absolute atomic E-state index is 0.159. The van der Waals surface area contributed by atoms with Crippen LogP contribution in [0.2, 0.25) is 0 Å². The lowest BCUT2D eigenvalue weighted by Crippen LogP contribution is -2.55. The fraction of sp³-hybridized carbons (Fsp3) is 0.261. The van der Waals surface area contributed by atoms with Crippen LogP contribution in [0.15, 0.2) is 116 Å². The molecular weight excluding hydrogens is 795 g/mol. The van der Waals surface area contributed by atoms with Gasteiger partial charge in [-0.15, -0.1) is 22.7 Å². The third kappa shape index (κ3) is 8.78. The largest absolute Gasteiger partial charge is 0.494 e. The van der Waals surface area contributed by atoms with Crippen molar-refractivity contribution in [2.45, 2.75) is 51.9 Å². The van der Waals surface area contributed by atoms with Crippen LogP contribution in [0.5, 0.6) is 23.0 Å². The van der Waals surface area contributed by atoms with Gasteiger partial charge in [-0.1, -0.05) is 6.58 Å². The van der Waals surface area contributed by atoms with Crippen molar-refractivity contribution >= 4 is 28.2 Å². The quantitative estimate of drug-likeness (QED) is 0.0808. The summed E-state index contributed by atoms with van der Waals surface area (Å²) in [6.45, 7) is 12.3. The smallest absolute Gasteiger partial charge is 0.376 e. The van der Waals surface area contributed by atoms with Crippen LogP contribution in [-0.4, -0.2) is 44.2 Å². The highest BCUT2D eigenvalue weighted by atomic mass is 32.1. The maximum atomic E-state index is 16.4. The monoisotopic (exact) mass is 836 g/mol. The lowest BCUT2D eigenvalue weighted by Gasteiger charge is -2.34. The normalized spacial score (nSPS) is 12.0. The van der Waals surface area contributed by atoms with Gasteiger partial charge < -0.3 is 18.9 Å². The average molecular weight is 837 g/mol. The lowest BCUT2D eigenvalue weighted by atomic mass is 9.89. The fourth-order valence-corrected chi connectivity index (χ4v) is 8.75. The maximum Gasteiger partial charge on any atom is 0.376 e. The van der Waals surface area contributed by atoms with E-state index in [1.54, 1.807) is 111 Å². The predicted molar refractivity (Wildman–Crippen MR) is 223 cm³/mol. The van der Waals surface area contributed by atoms with E-state index >= 15 is 26.3 Å². The highest BCUT2D eigenvalue weighted by Crippen LogP contribution is 2.56. The standard InChI is InChI=1S/C46H42F6O4S2/c1-6-53-35-18-10-30(11-19-35)40-26-34(42(57-40)32-14-22-37(23-15-32)55-8-3)28-44(47,48)46(51,52)45(49,50)29(5)39-27-41(31-12-20-36(21-13-31)54-7-2)58-43(39)33-16-24-38(25-17-33)56-9-4/h10-27H,5-9,28H2,1-4H3. The molecule has 0 spiro atoms. The molecular formula is C46H42F6O4S2. The number of benzene rings is 4. The molecule has 12 heteroatoms. The van der Waals surface area contributed by atoms with Gasteiger partial charge in [0.2, 0.25) is 0 Å². The molecule has 0 aliphatic heterocycles. The molecule has 0 radical (unpaired) electrons. The van der Waals surface area contributed by atoms with Crippen LogP contribution in [-0.2, 0) is 6.42 Å². The Hall–Kier alpha value is -5.20. The zero-order chi connectivity index (χ0) is 41.7. The van der Waals surface area contributed by atoms with Crippen LogP contribution in [0, 0.1) is 0 Å². The molecule has 4 aromatic carbocycles. The van der Waals surface area contributed by atoms with E-state index in [1.165, 1.54) is 12.1 Å². The van der Waals surface area contributed by atoms with Crippen molar-refractivity contribution in [3.05, 3.63) is 127 Å². The summed E-state index contributed by atoms with van der Waals surface area (Å²) in [6, 6.07) is 29.2. The molecule has 304 valence electrons. The first kappa shape index (κ1) is 42.4. The number of hydrogen-bond donors (Lipinski definition) is 0. The Bertz CT molecular complexity index is 2300. The summed E-state index contributed by atoms with van der Waals surface area (Å²) < 4.78 is 120. The summed E-state index contributed by atoms with van der Waals surface area (Å²) in [5, 5.41) is 0. The highest BCUT2D eigenvalue weighted by molar-refractivity contribution is 7.19. The molecule has 0 saturated heterocycles. The summed E-state index contributed by atoms with van der Waals surface area (Å²) in [5.41, 5.74) is 0.0193. The number of ether oxygens (including phenoxy) is 4. The summed E-state index contributed by atoms with van der Waals surface area (Å²) in [7, 11) is 0. The van der Waals surface area contributed by atoms with Gasteiger partial charge in [-0.25, -0.2) is 0 Å². The molecule has 58 heavy (non-hydrogen) atoms. The first-order chi connectivity index (χ1) is 27.7. The fourth-order valence-electron chi connectivity index (χ4n) is 6.36. The first-order valence-electron chi connectivity index (χ1n) is 18.8. The van der Waals surface area contributed by atoms with E-state index in [1.807, 2.05) is 13.8 Å². The Morgan fingerprint density at radius 3 is 1.24 bits per heavy atom. The molecule has 0 bridgehead atoms. The van der Waals surface area contributed by atoms with E-state index in [9.17, 15) is 0 Å². The highest BCUT2D eigenvalue weighted by Gasteiger charge is 2.72. The molecule has 6 aromatic rings. The Morgan fingerprint density at radius 1 is 0.500 bits per heavy atom. The van der Waals surface area contributed by atoms with Gasteiger partial charge in [0.25, 0.3) is 0 Å². The second-order valence-corrected chi connectivity index (χ2v) is 15.3. The van der Waals surface area contributed by atoms with Crippen molar-refractivity contribution in [3.8, 4) is 64.8 Å². The summed E-state index contributed by atoms with van der Waals surface area (Å²) in [4.78, 5) is 1.32. The molecule has 0 amide bonds. The molecule has 0 N–H and O–H groups in total. The molecule has 0 aliphatic carbocycles. The Kier molecular flexibility index (Phi) is 13.0. The summed E-state index contributed by atoms with van der Waals surface area (Å²) >= 11 is 2.15. The van der Waals surface area contributed by atoms with Gasteiger partial charge in [-0.2, -0.15) is 26.3 Å². The van der Waals surface area contributed by atoms with Gasteiger partial charge in [0, 0.05) is 37.1 Å². The topological polar surface area (TPSA) is 36.9 Å². The molecule has 0 saturated carbocycles. The molecule has 2 heterocycles. The van der Waals surface area contributed by atoms with E-state index < -0.39 is 29.8 Å². The van der Waals surface area contributed by atoms with Crippen molar-refractivity contribution in [2.75, 3.05) is 26.4 Å². The Labute approximate surface area is 342 Å². The third-order valence-electron chi connectivity index (χ3n) is 9.27. The van der Waals surface area contributed by atoms with Crippen molar-refractivity contribution in [1.29, 1.82) is 0 Å². The van der Waals surface area contributed by atoms with Crippen LogP contribution >= 0.6 is 22.7 Å². The van der Waals surface area contributed by atoms with Gasteiger partial charge >= 0.3 is 17.8 Å². The van der Waals surface area contributed by atoms with E-state index in [4.69, 9.17) is 18.9 Å². The summed E-state index contributed by atoms with van der Waals surface area (Å²) in [6.07, 6.45) is -1.67. The van der Waals surface area contributed by atoms with E-state index in [0.717, 1.165) is 22.7 Å². The predicted octanol–water partition coefficient (Wildman–Crippen LogP) is 14.2. The van der Waals surface area contributed by atoms with Gasteiger partial charge in [0.1, 0.15) is 23.0 Å². The minimum Gasteiger partial charge on any atom is -0.494 e. The van der Waals surface area contributed by atoms with Gasteiger partial charge in [0.05, 0.1) is 26.4 Å². The molecule has 0 unspecified atom stereocenters. The molecule has 0 aliphatic rings. The SMILES string of the molecule is C=C(c1cc(-c2ccc(OCC)cc2)sc1-c1ccc(OCC)cc1)C(F)(F)C(F)(F)C(F)(F)Cc1cc(-c2ccc(OCC)cc2)sc1-c1ccc(OCC)cc1. The second-order valence-electron chi connectivity index (χ2n) is 13.2. The Balaban J connectivity index is 1.38. The maximum absolute atomic E-state index is 16.4.